The first kappa shape index (κ1) is 21.2. The Balaban J connectivity index is 2.01. The number of benzene rings is 1. The molecule has 2 heterocycles. The van der Waals surface area contributed by atoms with Crippen LogP contribution in [-0.2, 0) is 20.8 Å². The highest BCUT2D eigenvalue weighted by Crippen LogP contribution is 2.44. The molecule has 1 N–H and O–H groups in total. The lowest BCUT2D eigenvalue weighted by Crippen LogP contribution is -2.74. The van der Waals surface area contributed by atoms with Crippen LogP contribution in [-0.4, -0.2) is 59.5 Å². The molecule has 0 aliphatic carbocycles. The minimum Gasteiger partial charge on any atom is -0.365 e. The van der Waals surface area contributed by atoms with E-state index in [0.717, 1.165) is 12.0 Å². The van der Waals surface area contributed by atoms with Gasteiger partial charge in [0.25, 0.3) is 0 Å². The van der Waals surface area contributed by atoms with Gasteiger partial charge in [-0.1, -0.05) is 37.3 Å². The number of amides is 1. The summed E-state index contributed by atoms with van der Waals surface area (Å²) in [6.07, 6.45) is -1.96. The van der Waals surface area contributed by atoms with Crippen molar-refractivity contribution in [2.75, 3.05) is 7.05 Å². The fraction of sp³-hybridized carbons (Fsp3) is 0.682. The summed E-state index contributed by atoms with van der Waals surface area (Å²) in [6, 6.07) is 8.81. The highest BCUT2D eigenvalue weighted by molar-refractivity contribution is 5.82. The molecule has 28 heavy (non-hydrogen) atoms. The average molecular weight is 393 g/mol. The number of fused-ring (bicyclic) bond motifs is 1. The second-order valence-corrected chi connectivity index (χ2v) is 8.82. The Kier molecular flexibility index (Phi) is 5.86. The van der Waals surface area contributed by atoms with Gasteiger partial charge in [-0.15, -0.1) is 0 Å². The lowest BCUT2D eigenvalue weighted by atomic mass is 9.80. The molecular weight excluding hydrogens is 359 g/mol. The van der Waals surface area contributed by atoms with Gasteiger partial charge in [0.1, 0.15) is 18.2 Å². The van der Waals surface area contributed by atoms with Gasteiger partial charge in [0.05, 0.1) is 11.2 Å². The lowest BCUT2D eigenvalue weighted by molar-refractivity contribution is -0.331. The smallest absolute Gasteiger partial charge is 0.240 e. The van der Waals surface area contributed by atoms with Gasteiger partial charge in [0.2, 0.25) is 5.91 Å². The van der Waals surface area contributed by atoms with Crippen molar-refractivity contribution in [3.05, 3.63) is 35.9 Å². The number of rotatable bonds is 4. The van der Waals surface area contributed by atoms with Crippen molar-refractivity contribution in [1.29, 1.82) is 0 Å². The Morgan fingerprint density at radius 3 is 2.21 bits per heavy atom. The number of likely N-dealkylation sites (N-methyl/N-ethyl adjacent to an activating group) is 1. The van der Waals surface area contributed by atoms with Crippen LogP contribution in [0.4, 0.5) is 4.39 Å². The van der Waals surface area contributed by atoms with Crippen LogP contribution >= 0.6 is 0 Å². The minimum absolute atomic E-state index is 0.130. The van der Waals surface area contributed by atoms with Gasteiger partial charge < -0.3 is 14.8 Å². The summed E-state index contributed by atoms with van der Waals surface area (Å²) in [5.41, 5.74) is -0.192. The number of alkyl halides is 1. The van der Waals surface area contributed by atoms with E-state index in [9.17, 15) is 4.79 Å². The Hall–Kier alpha value is -1.50. The number of hydrogen-bond donors (Lipinski definition) is 1. The van der Waals surface area contributed by atoms with Crippen molar-refractivity contribution in [1.82, 2.24) is 10.2 Å². The summed E-state index contributed by atoms with van der Waals surface area (Å²) < 4.78 is 28.5. The maximum Gasteiger partial charge on any atom is 0.240 e. The molecule has 3 rings (SSSR count). The molecule has 1 amide bonds. The largest absolute Gasteiger partial charge is 0.365 e. The zero-order valence-corrected chi connectivity index (χ0v) is 17.7. The maximum atomic E-state index is 15.8. The zero-order chi connectivity index (χ0) is 20.7. The Morgan fingerprint density at radius 1 is 1.11 bits per heavy atom. The van der Waals surface area contributed by atoms with Gasteiger partial charge >= 0.3 is 0 Å². The van der Waals surface area contributed by atoms with Crippen LogP contribution in [0.2, 0.25) is 0 Å². The molecule has 2 aliphatic heterocycles. The van der Waals surface area contributed by atoms with E-state index in [2.05, 4.69) is 12.2 Å². The first-order valence-electron chi connectivity index (χ1n) is 10.1. The maximum absolute atomic E-state index is 15.8. The van der Waals surface area contributed by atoms with Crippen LogP contribution in [0.5, 0.6) is 0 Å². The van der Waals surface area contributed by atoms with Gasteiger partial charge in [-0.2, -0.15) is 0 Å². The predicted octanol–water partition coefficient (Wildman–Crippen LogP) is 3.07. The molecule has 0 bridgehead atoms. The lowest BCUT2D eigenvalue weighted by Gasteiger charge is -2.59. The number of hydrogen-bond acceptors (Lipinski definition) is 4. The summed E-state index contributed by atoms with van der Waals surface area (Å²) in [7, 11) is 1.55. The van der Waals surface area contributed by atoms with E-state index < -0.39 is 35.6 Å². The molecule has 0 saturated carbocycles. The van der Waals surface area contributed by atoms with Gasteiger partial charge in [0.15, 0.2) is 6.17 Å². The number of piperidine rings is 1. The van der Waals surface area contributed by atoms with E-state index in [0.29, 0.717) is 6.54 Å². The van der Waals surface area contributed by atoms with Crippen LogP contribution < -0.4 is 5.32 Å². The molecule has 2 aliphatic rings. The molecule has 2 saturated heterocycles. The van der Waals surface area contributed by atoms with Crippen molar-refractivity contribution >= 4 is 5.91 Å². The van der Waals surface area contributed by atoms with Crippen molar-refractivity contribution in [3.63, 3.8) is 0 Å². The minimum atomic E-state index is -1.48. The molecule has 5 nitrogen and oxygen atoms in total. The quantitative estimate of drug-likeness (QED) is 0.856. The van der Waals surface area contributed by atoms with Crippen LogP contribution in [0.1, 0.15) is 46.6 Å². The number of carbonyl (C=O) groups excluding carboxylic acids is 1. The van der Waals surface area contributed by atoms with Crippen molar-refractivity contribution in [2.24, 2.45) is 0 Å². The van der Waals surface area contributed by atoms with E-state index in [-0.39, 0.29) is 11.9 Å². The van der Waals surface area contributed by atoms with E-state index in [1.54, 1.807) is 7.05 Å². The Labute approximate surface area is 167 Å². The Morgan fingerprint density at radius 2 is 1.68 bits per heavy atom. The Bertz CT molecular complexity index is 694. The van der Waals surface area contributed by atoms with Crippen molar-refractivity contribution < 1.29 is 18.7 Å². The second-order valence-electron chi connectivity index (χ2n) is 8.82. The number of ether oxygens (including phenoxy) is 2. The summed E-state index contributed by atoms with van der Waals surface area (Å²) in [6.45, 7) is 10.3. The van der Waals surface area contributed by atoms with E-state index in [1.807, 2.05) is 62.9 Å². The predicted molar refractivity (Wildman–Crippen MR) is 107 cm³/mol. The molecule has 0 unspecified atom stereocenters. The molecule has 1 aromatic carbocycles. The van der Waals surface area contributed by atoms with Crippen LogP contribution in [0.15, 0.2) is 30.3 Å². The first-order chi connectivity index (χ1) is 13.1. The van der Waals surface area contributed by atoms with Crippen LogP contribution in [0, 0.1) is 0 Å². The average Bonchev–Trinajstić information content (AvgIpc) is 2.64. The normalized spacial score (nSPS) is 34.5. The third-order valence-corrected chi connectivity index (χ3v) is 6.55. The molecule has 0 radical (unpaired) electrons. The van der Waals surface area contributed by atoms with Crippen LogP contribution in [0.25, 0.3) is 0 Å². The standard InChI is InChI=1S/C22H33FN2O3/c1-7-15-18-19(28-22(4,5)21(2,3)27-18)16(23)17(20(26)24-6)25(15)13-14-11-9-8-10-12-14/h8-12,15-19H,7,13H2,1-6H3,(H,24,26)/t15-,16+,17+,18-,19-/m1/s1. The van der Waals surface area contributed by atoms with Gasteiger partial charge in [0, 0.05) is 19.6 Å². The summed E-state index contributed by atoms with van der Waals surface area (Å²) in [5.74, 6) is -0.327. The number of carbonyl (C=O) groups is 1. The summed E-state index contributed by atoms with van der Waals surface area (Å²) >= 11 is 0. The van der Waals surface area contributed by atoms with Crippen LogP contribution in [0.3, 0.4) is 0 Å². The van der Waals surface area contributed by atoms with E-state index in [4.69, 9.17) is 9.47 Å². The molecular formula is C22H33FN2O3. The highest BCUT2D eigenvalue weighted by Gasteiger charge is 2.60. The van der Waals surface area contributed by atoms with Crippen molar-refractivity contribution in [3.8, 4) is 0 Å². The monoisotopic (exact) mass is 392 g/mol. The number of nitrogens with one attached hydrogen (secondary N) is 1. The highest BCUT2D eigenvalue weighted by atomic mass is 19.1. The number of halogens is 1. The molecule has 156 valence electrons. The third kappa shape index (κ3) is 3.58. The molecule has 1 aromatic rings. The molecule has 5 atom stereocenters. The van der Waals surface area contributed by atoms with Gasteiger partial charge in [-0.25, -0.2) is 4.39 Å². The number of likely N-dealkylation sites (tertiary alicyclic amines) is 1. The molecule has 0 aromatic heterocycles. The van der Waals surface area contributed by atoms with Gasteiger partial charge in [-0.3, -0.25) is 9.69 Å². The summed E-state index contributed by atoms with van der Waals surface area (Å²) in [4.78, 5) is 14.7. The second kappa shape index (κ2) is 7.73. The third-order valence-electron chi connectivity index (χ3n) is 6.55. The zero-order valence-electron chi connectivity index (χ0n) is 17.7. The number of nitrogens with zero attached hydrogens (tertiary/aromatic N) is 1. The SMILES string of the molecule is CC[C@@H]1[C@H]2OC(C)(C)C(C)(C)O[C@@H]2[C@@H](F)[C@@H](C(=O)NC)N1Cc1ccccc1. The first-order valence-corrected chi connectivity index (χ1v) is 10.1. The van der Waals surface area contributed by atoms with Gasteiger partial charge in [-0.05, 0) is 39.7 Å². The molecule has 0 spiro atoms. The fourth-order valence-electron chi connectivity index (χ4n) is 4.32. The summed E-state index contributed by atoms with van der Waals surface area (Å²) in [5, 5.41) is 2.64. The fourth-order valence-corrected chi connectivity index (χ4v) is 4.32. The molecule has 6 heteroatoms. The topological polar surface area (TPSA) is 50.8 Å². The molecule has 2 fully saturated rings. The van der Waals surface area contributed by atoms with E-state index >= 15 is 4.39 Å². The van der Waals surface area contributed by atoms with Crippen molar-refractivity contribution in [2.45, 2.75) is 89.2 Å². The van der Waals surface area contributed by atoms with E-state index in [1.165, 1.54) is 0 Å².